The highest BCUT2D eigenvalue weighted by molar-refractivity contribution is 5.92. The van der Waals surface area contributed by atoms with Gasteiger partial charge in [-0.3, -0.25) is 4.79 Å². The molecule has 1 aromatic carbocycles. The lowest BCUT2D eigenvalue weighted by molar-refractivity contribution is -0.705. The molecule has 1 atom stereocenters. The molecule has 2 rings (SSSR count). The molecule has 0 bridgehead atoms. The fourth-order valence-electron chi connectivity index (χ4n) is 2.75. The number of nitrogens with one attached hydrogen (secondary N) is 1. The first-order chi connectivity index (χ1) is 11.6. The summed E-state index contributed by atoms with van der Waals surface area (Å²) in [7, 11) is 0. The Hall–Kier alpha value is -2.67. The number of amides is 1. The van der Waals surface area contributed by atoms with Gasteiger partial charge in [0.05, 0.1) is 11.6 Å². The van der Waals surface area contributed by atoms with Gasteiger partial charge in [-0.25, -0.2) is 0 Å². The molecule has 0 aliphatic heterocycles. The maximum absolute atomic E-state index is 12.4. The van der Waals surface area contributed by atoms with Crippen molar-refractivity contribution >= 4 is 11.6 Å². The first-order valence-corrected chi connectivity index (χ1v) is 8.40. The van der Waals surface area contributed by atoms with Gasteiger partial charge >= 0.3 is 0 Å². The smallest absolute Gasteiger partial charge is 0.293 e. The van der Waals surface area contributed by atoms with Crippen LogP contribution in [0.3, 0.4) is 0 Å². The van der Waals surface area contributed by atoms with Crippen LogP contribution in [0.25, 0.3) is 0 Å². The number of rotatable bonds is 6. The second kappa shape index (κ2) is 8.26. The molecule has 0 aliphatic rings. The van der Waals surface area contributed by atoms with E-state index in [0.29, 0.717) is 17.2 Å². The summed E-state index contributed by atoms with van der Waals surface area (Å²) in [6.45, 7) is 6.27. The Morgan fingerprint density at radius 3 is 2.21 bits per heavy atom. The molecule has 2 aromatic rings. The van der Waals surface area contributed by atoms with Crippen molar-refractivity contribution in [1.29, 1.82) is 5.26 Å². The Morgan fingerprint density at radius 2 is 1.71 bits per heavy atom. The van der Waals surface area contributed by atoms with E-state index in [4.69, 9.17) is 5.26 Å². The van der Waals surface area contributed by atoms with Gasteiger partial charge in [-0.15, -0.1) is 0 Å². The van der Waals surface area contributed by atoms with E-state index >= 15 is 0 Å². The molecule has 4 heteroatoms. The van der Waals surface area contributed by atoms with Crippen LogP contribution in [-0.2, 0) is 4.79 Å². The highest BCUT2D eigenvalue weighted by Gasteiger charge is 2.22. The number of nitrogens with zero attached hydrogens (tertiary/aromatic N) is 2. The highest BCUT2D eigenvalue weighted by Crippen LogP contribution is 2.21. The number of carbonyl (C=O) groups is 1. The lowest BCUT2D eigenvalue weighted by atomic mass is 9.95. The zero-order chi connectivity index (χ0) is 17.5. The fraction of sp³-hybridized carbons (Fsp3) is 0.350. The third kappa shape index (κ3) is 4.20. The van der Waals surface area contributed by atoms with Crippen molar-refractivity contribution in [3.05, 3.63) is 59.9 Å². The number of hydrogen-bond acceptors (Lipinski definition) is 2. The number of anilines is 1. The maximum atomic E-state index is 12.4. The van der Waals surface area contributed by atoms with E-state index in [-0.39, 0.29) is 11.9 Å². The average Bonchev–Trinajstić information content (AvgIpc) is 2.63. The van der Waals surface area contributed by atoms with E-state index in [1.54, 1.807) is 24.3 Å². The Bertz CT molecular complexity index is 710. The van der Waals surface area contributed by atoms with Crippen molar-refractivity contribution < 1.29 is 9.36 Å². The fourth-order valence-corrected chi connectivity index (χ4v) is 2.75. The lowest BCUT2D eigenvalue weighted by Gasteiger charge is -2.13. The van der Waals surface area contributed by atoms with Crippen molar-refractivity contribution in [3.63, 3.8) is 0 Å². The summed E-state index contributed by atoms with van der Waals surface area (Å²) in [5.74, 6) is 0.488. The van der Waals surface area contributed by atoms with E-state index in [9.17, 15) is 4.79 Å². The zero-order valence-electron chi connectivity index (χ0n) is 14.5. The van der Waals surface area contributed by atoms with Gasteiger partial charge in [0.15, 0.2) is 12.4 Å². The van der Waals surface area contributed by atoms with Crippen molar-refractivity contribution in [1.82, 2.24) is 0 Å². The molecule has 124 valence electrons. The molecule has 0 aliphatic carbocycles. The number of nitriles is 1. The summed E-state index contributed by atoms with van der Waals surface area (Å²) in [5, 5.41) is 11.7. The van der Waals surface area contributed by atoms with Gasteiger partial charge in [-0.1, -0.05) is 13.8 Å². The average molecular weight is 322 g/mol. The number of benzene rings is 1. The van der Waals surface area contributed by atoms with E-state index in [2.05, 4.69) is 37.4 Å². The predicted octanol–water partition coefficient (Wildman–Crippen LogP) is 3.95. The summed E-state index contributed by atoms with van der Waals surface area (Å²) < 4.78 is 1.91. The standard InChI is InChI=1S/C20H23N3O/c1-4-17(5-2)18-10-12-23(13-11-18)15(3)20(24)22-19-8-6-16(14-21)7-9-19/h6-13,15,17H,4-5H2,1-3H3/p+1/t15-/m0/s1. The van der Waals surface area contributed by atoms with E-state index < -0.39 is 0 Å². The number of pyridine rings is 1. The summed E-state index contributed by atoms with van der Waals surface area (Å²) in [6, 6.07) is 12.8. The largest absolute Gasteiger partial charge is 0.320 e. The van der Waals surface area contributed by atoms with Crippen LogP contribution in [0.2, 0.25) is 0 Å². The molecule has 4 nitrogen and oxygen atoms in total. The summed E-state index contributed by atoms with van der Waals surface area (Å²) in [5.41, 5.74) is 2.59. The van der Waals surface area contributed by atoms with Gasteiger partial charge in [0, 0.05) is 24.7 Å². The molecule has 1 amide bonds. The monoisotopic (exact) mass is 322 g/mol. The Balaban J connectivity index is 2.05. The zero-order valence-corrected chi connectivity index (χ0v) is 14.5. The van der Waals surface area contributed by atoms with Crippen LogP contribution in [0.5, 0.6) is 0 Å². The maximum Gasteiger partial charge on any atom is 0.293 e. The molecule has 0 saturated heterocycles. The van der Waals surface area contributed by atoms with Crippen LogP contribution < -0.4 is 9.88 Å². The molecule has 1 N–H and O–H groups in total. The van der Waals surface area contributed by atoms with Gasteiger partial charge < -0.3 is 5.32 Å². The van der Waals surface area contributed by atoms with Gasteiger partial charge in [-0.05, 0) is 48.6 Å². The molecule has 0 fully saturated rings. The second-order valence-corrected chi connectivity index (χ2v) is 5.95. The van der Waals surface area contributed by atoms with Gasteiger partial charge in [-0.2, -0.15) is 9.83 Å². The molecule has 0 spiro atoms. The Morgan fingerprint density at radius 1 is 1.12 bits per heavy atom. The molecule has 0 radical (unpaired) electrons. The van der Waals surface area contributed by atoms with Crippen molar-refractivity contribution in [2.24, 2.45) is 0 Å². The molecule has 1 aromatic heterocycles. The van der Waals surface area contributed by atoms with Gasteiger partial charge in [0.1, 0.15) is 0 Å². The molecular weight excluding hydrogens is 298 g/mol. The normalized spacial score (nSPS) is 11.8. The second-order valence-electron chi connectivity index (χ2n) is 5.95. The summed E-state index contributed by atoms with van der Waals surface area (Å²) in [6.07, 6.45) is 6.18. The number of carbonyl (C=O) groups excluding carboxylic acids is 1. The van der Waals surface area contributed by atoms with Crippen molar-refractivity contribution in [2.45, 2.75) is 45.6 Å². The highest BCUT2D eigenvalue weighted by atomic mass is 16.2. The van der Waals surface area contributed by atoms with E-state index in [1.165, 1.54) is 5.56 Å². The predicted molar refractivity (Wildman–Crippen MR) is 94.5 cm³/mol. The topological polar surface area (TPSA) is 56.8 Å². The first kappa shape index (κ1) is 17.7. The third-order valence-corrected chi connectivity index (χ3v) is 4.44. The molecular formula is C20H24N3O+. The van der Waals surface area contributed by atoms with Gasteiger partial charge in [0.2, 0.25) is 6.04 Å². The molecule has 0 unspecified atom stereocenters. The lowest BCUT2D eigenvalue weighted by Crippen LogP contribution is -2.44. The van der Waals surface area contributed by atoms with Crippen LogP contribution in [0.15, 0.2) is 48.8 Å². The molecule has 0 saturated carbocycles. The Labute approximate surface area is 143 Å². The first-order valence-electron chi connectivity index (χ1n) is 8.40. The van der Waals surface area contributed by atoms with E-state index in [0.717, 1.165) is 12.8 Å². The third-order valence-electron chi connectivity index (χ3n) is 4.44. The number of aromatic nitrogens is 1. The van der Waals surface area contributed by atoms with Crippen LogP contribution in [-0.4, -0.2) is 5.91 Å². The summed E-state index contributed by atoms with van der Waals surface area (Å²) in [4.78, 5) is 12.4. The molecule has 24 heavy (non-hydrogen) atoms. The van der Waals surface area contributed by atoms with Crippen LogP contribution in [0.1, 0.15) is 56.7 Å². The van der Waals surface area contributed by atoms with Crippen molar-refractivity contribution in [2.75, 3.05) is 5.32 Å². The number of hydrogen-bond donors (Lipinski definition) is 1. The Kier molecular flexibility index (Phi) is 6.08. The van der Waals surface area contributed by atoms with Gasteiger partial charge in [0.25, 0.3) is 5.91 Å². The minimum Gasteiger partial charge on any atom is -0.320 e. The minimum atomic E-state index is -0.309. The van der Waals surface area contributed by atoms with Crippen LogP contribution in [0, 0.1) is 11.3 Å². The summed E-state index contributed by atoms with van der Waals surface area (Å²) >= 11 is 0. The van der Waals surface area contributed by atoms with Crippen LogP contribution >= 0.6 is 0 Å². The SMILES string of the molecule is CCC(CC)c1cc[n+]([C@@H](C)C(=O)Nc2ccc(C#N)cc2)cc1. The quantitative estimate of drug-likeness (QED) is 0.819. The van der Waals surface area contributed by atoms with Crippen LogP contribution in [0.4, 0.5) is 5.69 Å². The van der Waals surface area contributed by atoms with Crippen molar-refractivity contribution in [3.8, 4) is 6.07 Å². The molecule has 1 heterocycles. The minimum absolute atomic E-state index is 0.0833. The van der Waals surface area contributed by atoms with E-state index in [1.807, 2.05) is 23.9 Å².